The average Bonchev–Trinajstić information content (AvgIpc) is 2.75. The molecule has 0 radical (unpaired) electrons. The molecule has 2 rings (SSSR count). The van der Waals surface area contributed by atoms with Crippen molar-refractivity contribution in [3.8, 4) is 0 Å². The van der Waals surface area contributed by atoms with Gasteiger partial charge in [-0.05, 0) is 41.7 Å². The maximum Gasteiger partial charge on any atom is 0.101 e. The summed E-state index contributed by atoms with van der Waals surface area (Å²) >= 11 is 0. The van der Waals surface area contributed by atoms with Crippen LogP contribution in [0, 0.1) is 6.92 Å². The lowest BCUT2D eigenvalue weighted by Gasteiger charge is -2.15. The van der Waals surface area contributed by atoms with Crippen LogP contribution in [0.15, 0.2) is 17.1 Å². The summed E-state index contributed by atoms with van der Waals surface area (Å²) in [6, 6.07) is 4.16. The highest BCUT2D eigenvalue weighted by atomic mass is 35.5. The Labute approximate surface area is 115 Å². The summed E-state index contributed by atoms with van der Waals surface area (Å²) in [4.78, 5) is 4.44. The molecule has 0 atom stereocenters. The second-order valence-electron chi connectivity index (χ2n) is 4.98. The Morgan fingerprint density at radius 3 is 2.67 bits per heavy atom. The van der Waals surface area contributed by atoms with Crippen molar-refractivity contribution in [3.05, 3.63) is 28.8 Å². The van der Waals surface area contributed by atoms with Gasteiger partial charge in [0.1, 0.15) is 5.84 Å². The van der Waals surface area contributed by atoms with Crippen molar-refractivity contribution in [1.29, 1.82) is 0 Å². The third kappa shape index (κ3) is 3.16. The summed E-state index contributed by atoms with van der Waals surface area (Å²) in [7, 11) is 0. The fraction of sp³-hybridized carbons (Fsp3) is 0.500. The van der Waals surface area contributed by atoms with Gasteiger partial charge in [0.05, 0.1) is 6.54 Å². The molecule has 0 aromatic heterocycles. The maximum atomic E-state index is 5.98. The molecule has 0 aliphatic carbocycles. The third-order valence-electron chi connectivity index (χ3n) is 3.30. The van der Waals surface area contributed by atoms with E-state index in [-0.39, 0.29) is 12.4 Å². The van der Waals surface area contributed by atoms with Crippen LogP contribution in [0.1, 0.15) is 36.5 Å². The van der Waals surface area contributed by atoms with Gasteiger partial charge in [-0.3, -0.25) is 4.99 Å². The molecule has 1 aliphatic rings. The number of amidine groups is 1. The van der Waals surface area contributed by atoms with Crippen LogP contribution in [0.25, 0.3) is 0 Å². The first-order valence-electron chi connectivity index (χ1n) is 6.24. The molecule has 0 amide bonds. The molecule has 3 N–H and O–H groups in total. The zero-order valence-electron chi connectivity index (χ0n) is 11.3. The van der Waals surface area contributed by atoms with Crippen molar-refractivity contribution in [3.63, 3.8) is 0 Å². The molecular formula is C14H22ClN3. The van der Waals surface area contributed by atoms with Gasteiger partial charge in [-0.1, -0.05) is 13.8 Å². The number of benzene rings is 1. The molecule has 1 heterocycles. The van der Waals surface area contributed by atoms with E-state index in [1.54, 1.807) is 0 Å². The summed E-state index contributed by atoms with van der Waals surface area (Å²) in [6.07, 6.45) is 0.872. The monoisotopic (exact) mass is 267 g/mol. The lowest BCUT2D eigenvalue weighted by atomic mass is 9.92. The summed E-state index contributed by atoms with van der Waals surface area (Å²) in [6.45, 7) is 8.45. The van der Waals surface area contributed by atoms with Gasteiger partial charge in [-0.25, -0.2) is 0 Å². The van der Waals surface area contributed by atoms with E-state index in [1.807, 2.05) is 0 Å². The summed E-state index contributed by atoms with van der Waals surface area (Å²) in [5, 5.41) is 3.31. The Balaban J connectivity index is 0.00000162. The minimum atomic E-state index is 0. The van der Waals surface area contributed by atoms with Crippen LogP contribution < -0.4 is 11.1 Å². The van der Waals surface area contributed by atoms with Gasteiger partial charge < -0.3 is 11.1 Å². The molecule has 0 bridgehead atoms. The number of nitrogen functional groups attached to an aromatic ring is 1. The molecule has 1 aliphatic heterocycles. The van der Waals surface area contributed by atoms with Crippen LogP contribution in [0.3, 0.4) is 0 Å². The number of anilines is 1. The van der Waals surface area contributed by atoms with Gasteiger partial charge in [-0.2, -0.15) is 0 Å². The first-order valence-corrected chi connectivity index (χ1v) is 6.24. The molecule has 0 spiro atoms. The van der Waals surface area contributed by atoms with Crippen molar-refractivity contribution < 1.29 is 0 Å². The van der Waals surface area contributed by atoms with Crippen molar-refractivity contribution >= 4 is 23.9 Å². The van der Waals surface area contributed by atoms with Gasteiger partial charge in [-0.15, -0.1) is 12.4 Å². The highest BCUT2D eigenvalue weighted by molar-refractivity contribution is 5.86. The predicted octanol–water partition coefficient (Wildman–Crippen LogP) is 2.67. The maximum absolute atomic E-state index is 5.98. The number of nitrogens with one attached hydrogen (secondary N) is 1. The summed E-state index contributed by atoms with van der Waals surface area (Å²) in [5.41, 5.74) is 10.8. The third-order valence-corrected chi connectivity index (χ3v) is 3.30. The van der Waals surface area contributed by atoms with E-state index in [1.165, 1.54) is 16.7 Å². The Hall–Kier alpha value is -1.22. The average molecular weight is 268 g/mol. The second-order valence-corrected chi connectivity index (χ2v) is 4.98. The van der Waals surface area contributed by atoms with E-state index in [9.17, 15) is 0 Å². The lowest BCUT2D eigenvalue weighted by molar-refractivity contribution is 0.852. The number of halogens is 1. The van der Waals surface area contributed by atoms with Crippen LogP contribution in [0.4, 0.5) is 5.69 Å². The predicted molar refractivity (Wildman–Crippen MR) is 80.9 cm³/mol. The van der Waals surface area contributed by atoms with Crippen LogP contribution in [-0.4, -0.2) is 18.9 Å². The van der Waals surface area contributed by atoms with Crippen LogP contribution in [0.2, 0.25) is 0 Å². The van der Waals surface area contributed by atoms with Crippen molar-refractivity contribution in [1.82, 2.24) is 5.32 Å². The van der Waals surface area contributed by atoms with Crippen LogP contribution in [0.5, 0.6) is 0 Å². The first kappa shape index (κ1) is 14.8. The summed E-state index contributed by atoms with van der Waals surface area (Å²) in [5.74, 6) is 1.60. The number of hydrogen-bond acceptors (Lipinski definition) is 3. The van der Waals surface area contributed by atoms with Crippen LogP contribution >= 0.6 is 12.4 Å². The minimum absolute atomic E-state index is 0. The molecule has 0 unspecified atom stereocenters. The molecule has 100 valence electrons. The first-order chi connectivity index (χ1) is 8.08. The second kappa shape index (κ2) is 6.10. The number of nitrogens with zero attached hydrogens (tertiary/aromatic N) is 1. The van der Waals surface area contributed by atoms with E-state index >= 15 is 0 Å². The number of hydrogen-bond donors (Lipinski definition) is 2. The topological polar surface area (TPSA) is 50.4 Å². The molecule has 1 aromatic rings. The Kier molecular flexibility index (Phi) is 5.03. The van der Waals surface area contributed by atoms with Crippen molar-refractivity contribution in [2.24, 2.45) is 4.99 Å². The van der Waals surface area contributed by atoms with E-state index in [2.05, 4.69) is 43.2 Å². The fourth-order valence-corrected chi connectivity index (χ4v) is 2.35. The van der Waals surface area contributed by atoms with Gasteiger partial charge in [0, 0.05) is 18.7 Å². The molecular weight excluding hydrogens is 246 g/mol. The zero-order valence-corrected chi connectivity index (χ0v) is 12.1. The van der Waals surface area contributed by atoms with Gasteiger partial charge in [0.15, 0.2) is 0 Å². The smallest absolute Gasteiger partial charge is 0.101 e. The standard InChI is InChI=1S/C14H21N3.ClH/c1-9(2)13-8-12(15)6-11(10(13)3)7-14-16-4-5-17-14;/h6,8-9H,4-5,7,15H2,1-3H3,(H,16,17);1H. The molecule has 3 nitrogen and oxygen atoms in total. The lowest BCUT2D eigenvalue weighted by Crippen LogP contribution is -2.21. The molecule has 0 fully saturated rings. The fourth-order valence-electron chi connectivity index (χ4n) is 2.35. The largest absolute Gasteiger partial charge is 0.399 e. The van der Waals surface area contributed by atoms with E-state index in [4.69, 9.17) is 5.73 Å². The number of aliphatic imine (C=N–C) groups is 1. The molecule has 4 heteroatoms. The minimum Gasteiger partial charge on any atom is -0.399 e. The van der Waals surface area contributed by atoms with Crippen molar-refractivity contribution in [2.75, 3.05) is 18.8 Å². The normalized spacial score (nSPS) is 14.1. The van der Waals surface area contributed by atoms with Gasteiger partial charge in [0.25, 0.3) is 0 Å². The van der Waals surface area contributed by atoms with Crippen LogP contribution in [-0.2, 0) is 6.42 Å². The zero-order chi connectivity index (χ0) is 12.4. The SMILES string of the molecule is Cc1c(CC2=NCCN2)cc(N)cc1C(C)C.Cl. The molecule has 18 heavy (non-hydrogen) atoms. The van der Waals surface area contributed by atoms with E-state index in [0.717, 1.165) is 31.0 Å². The van der Waals surface area contributed by atoms with E-state index in [0.29, 0.717) is 5.92 Å². The Morgan fingerprint density at radius 1 is 1.39 bits per heavy atom. The van der Waals surface area contributed by atoms with E-state index < -0.39 is 0 Å². The molecule has 0 saturated heterocycles. The number of nitrogens with two attached hydrogens (primary N) is 1. The highest BCUT2D eigenvalue weighted by Gasteiger charge is 2.12. The van der Waals surface area contributed by atoms with Gasteiger partial charge >= 0.3 is 0 Å². The molecule has 1 aromatic carbocycles. The summed E-state index contributed by atoms with van der Waals surface area (Å²) < 4.78 is 0. The molecule has 0 saturated carbocycles. The Bertz CT molecular complexity index is 453. The van der Waals surface area contributed by atoms with Crippen molar-refractivity contribution in [2.45, 2.75) is 33.1 Å². The Morgan fingerprint density at radius 2 is 2.11 bits per heavy atom. The highest BCUT2D eigenvalue weighted by Crippen LogP contribution is 2.25. The quantitative estimate of drug-likeness (QED) is 0.828. The number of rotatable bonds is 3. The van der Waals surface area contributed by atoms with Gasteiger partial charge in [0.2, 0.25) is 0 Å².